The second kappa shape index (κ2) is 7.37. The first-order valence-corrected chi connectivity index (χ1v) is 6.99. The van der Waals surface area contributed by atoms with Crippen LogP contribution >= 0.6 is 23.7 Å². The summed E-state index contributed by atoms with van der Waals surface area (Å²) in [5.74, 6) is 0.454. The zero-order valence-corrected chi connectivity index (χ0v) is 13.0. The lowest BCUT2D eigenvalue weighted by molar-refractivity contribution is 0.102. The van der Waals surface area contributed by atoms with E-state index in [1.165, 1.54) is 11.3 Å². The van der Waals surface area contributed by atoms with Gasteiger partial charge in [0.25, 0.3) is 5.91 Å². The van der Waals surface area contributed by atoms with E-state index in [4.69, 9.17) is 5.73 Å². The highest BCUT2D eigenvalue weighted by Crippen LogP contribution is 2.15. The SMILES string of the molecule is CC(C)n1nccc1NC(=O)c1csc(CCN)n1.Cl. The molecule has 0 aliphatic carbocycles. The number of rotatable bonds is 5. The molecule has 0 saturated heterocycles. The quantitative estimate of drug-likeness (QED) is 0.884. The Morgan fingerprint density at radius 1 is 1.55 bits per heavy atom. The molecule has 0 saturated carbocycles. The van der Waals surface area contributed by atoms with Crippen LogP contribution in [0.25, 0.3) is 0 Å². The maximum atomic E-state index is 12.1. The van der Waals surface area contributed by atoms with Gasteiger partial charge >= 0.3 is 0 Å². The van der Waals surface area contributed by atoms with Crippen molar-refractivity contribution in [3.63, 3.8) is 0 Å². The Bertz CT molecular complexity index is 566. The molecule has 0 bridgehead atoms. The first-order valence-electron chi connectivity index (χ1n) is 6.11. The summed E-state index contributed by atoms with van der Waals surface area (Å²) in [4.78, 5) is 16.3. The highest BCUT2D eigenvalue weighted by atomic mass is 35.5. The number of hydrogen-bond donors (Lipinski definition) is 2. The monoisotopic (exact) mass is 315 g/mol. The first-order chi connectivity index (χ1) is 9.11. The Morgan fingerprint density at radius 3 is 2.95 bits per heavy atom. The smallest absolute Gasteiger partial charge is 0.276 e. The van der Waals surface area contributed by atoms with Gasteiger partial charge in [-0.05, 0) is 20.4 Å². The molecule has 0 radical (unpaired) electrons. The van der Waals surface area contributed by atoms with Crippen LogP contribution in [-0.4, -0.2) is 27.2 Å². The largest absolute Gasteiger partial charge is 0.330 e. The van der Waals surface area contributed by atoms with Crippen LogP contribution in [0.15, 0.2) is 17.6 Å². The van der Waals surface area contributed by atoms with Crippen molar-refractivity contribution in [2.45, 2.75) is 26.3 Å². The molecule has 0 fully saturated rings. The van der Waals surface area contributed by atoms with Crippen LogP contribution < -0.4 is 11.1 Å². The van der Waals surface area contributed by atoms with Crippen LogP contribution in [0.2, 0.25) is 0 Å². The van der Waals surface area contributed by atoms with Crippen LogP contribution in [0.1, 0.15) is 35.4 Å². The maximum Gasteiger partial charge on any atom is 0.276 e. The number of nitrogens with two attached hydrogens (primary N) is 1. The summed E-state index contributed by atoms with van der Waals surface area (Å²) >= 11 is 1.45. The molecule has 0 aromatic carbocycles. The molecule has 20 heavy (non-hydrogen) atoms. The van der Waals surface area contributed by atoms with E-state index in [2.05, 4.69) is 15.4 Å². The molecular weight excluding hydrogens is 298 g/mol. The van der Waals surface area contributed by atoms with Gasteiger partial charge in [-0.3, -0.25) is 4.79 Å². The summed E-state index contributed by atoms with van der Waals surface area (Å²) in [5.41, 5.74) is 5.88. The summed E-state index contributed by atoms with van der Waals surface area (Å²) in [7, 11) is 0. The molecule has 0 unspecified atom stereocenters. The highest BCUT2D eigenvalue weighted by Gasteiger charge is 2.14. The highest BCUT2D eigenvalue weighted by molar-refractivity contribution is 7.09. The lowest BCUT2D eigenvalue weighted by Gasteiger charge is -2.10. The fourth-order valence-corrected chi connectivity index (χ4v) is 2.45. The van der Waals surface area contributed by atoms with Gasteiger partial charge in [0.15, 0.2) is 0 Å². The minimum absolute atomic E-state index is 0. The Kier molecular flexibility index (Phi) is 6.12. The van der Waals surface area contributed by atoms with Gasteiger partial charge in [-0.25, -0.2) is 9.67 Å². The van der Waals surface area contributed by atoms with Crippen LogP contribution in [-0.2, 0) is 6.42 Å². The van der Waals surface area contributed by atoms with Crippen molar-refractivity contribution in [2.24, 2.45) is 5.73 Å². The molecule has 2 heterocycles. The molecule has 2 aromatic heterocycles. The van der Waals surface area contributed by atoms with E-state index in [9.17, 15) is 4.79 Å². The van der Waals surface area contributed by atoms with E-state index in [1.807, 2.05) is 13.8 Å². The molecule has 8 heteroatoms. The zero-order valence-electron chi connectivity index (χ0n) is 11.4. The number of nitrogens with one attached hydrogen (secondary N) is 1. The fraction of sp³-hybridized carbons (Fsp3) is 0.417. The number of nitrogens with zero attached hydrogens (tertiary/aromatic N) is 3. The van der Waals surface area contributed by atoms with Gasteiger partial charge in [-0.2, -0.15) is 5.10 Å². The van der Waals surface area contributed by atoms with E-state index in [1.54, 1.807) is 22.3 Å². The number of aromatic nitrogens is 3. The van der Waals surface area contributed by atoms with Crippen molar-refractivity contribution in [2.75, 3.05) is 11.9 Å². The Morgan fingerprint density at radius 2 is 2.30 bits per heavy atom. The zero-order chi connectivity index (χ0) is 13.8. The number of hydrogen-bond acceptors (Lipinski definition) is 5. The van der Waals surface area contributed by atoms with Crippen molar-refractivity contribution >= 4 is 35.5 Å². The second-order valence-electron chi connectivity index (χ2n) is 4.37. The molecule has 0 atom stereocenters. The number of carbonyl (C=O) groups excluding carboxylic acids is 1. The summed E-state index contributed by atoms with van der Waals surface area (Å²) in [6, 6.07) is 1.96. The molecule has 6 nitrogen and oxygen atoms in total. The van der Waals surface area contributed by atoms with Gasteiger partial charge in [-0.15, -0.1) is 23.7 Å². The lowest BCUT2D eigenvalue weighted by Crippen LogP contribution is -2.17. The van der Waals surface area contributed by atoms with Crippen LogP contribution in [0.4, 0.5) is 5.82 Å². The topological polar surface area (TPSA) is 85.8 Å². The van der Waals surface area contributed by atoms with Crippen LogP contribution in [0, 0.1) is 0 Å². The van der Waals surface area contributed by atoms with Gasteiger partial charge in [0, 0.05) is 23.9 Å². The second-order valence-corrected chi connectivity index (χ2v) is 5.32. The summed E-state index contributed by atoms with van der Waals surface area (Å²) in [6.45, 7) is 4.55. The number of amides is 1. The van der Waals surface area contributed by atoms with Crippen molar-refractivity contribution in [3.8, 4) is 0 Å². The standard InChI is InChI=1S/C12H17N5OS.ClH/c1-8(2)17-10(4-6-14-17)16-12(18)9-7-19-11(15-9)3-5-13;/h4,6-8H,3,5,13H2,1-2H3,(H,16,18);1H. The average molecular weight is 316 g/mol. The molecule has 2 aromatic rings. The summed E-state index contributed by atoms with van der Waals surface area (Å²) in [5, 5.41) is 9.61. The predicted molar refractivity (Wildman–Crippen MR) is 82.7 cm³/mol. The van der Waals surface area contributed by atoms with Gasteiger partial charge in [0.1, 0.15) is 11.5 Å². The summed E-state index contributed by atoms with van der Waals surface area (Å²) in [6.07, 6.45) is 2.36. The minimum Gasteiger partial charge on any atom is -0.330 e. The summed E-state index contributed by atoms with van der Waals surface area (Å²) < 4.78 is 1.76. The Labute approximate surface area is 127 Å². The fourth-order valence-electron chi connectivity index (χ4n) is 1.66. The third-order valence-corrected chi connectivity index (χ3v) is 3.45. The predicted octanol–water partition coefficient (Wildman–Crippen LogP) is 2.10. The minimum atomic E-state index is -0.220. The third kappa shape index (κ3) is 3.78. The Balaban J connectivity index is 0.00000200. The molecule has 110 valence electrons. The molecular formula is C12H18ClN5OS. The van der Waals surface area contributed by atoms with Crippen molar-refractivity contribution in [1.29, 1.82) is 0 Å². The van der Waals surface area contributed by atoms with Crippen molar-refractivity contribution in [3.05, 3.63) is 28.3 Å². The van der Waals surface area contributed by atoms with Gasteiger partial charge in [-0.1, -0.05) is 0 Å². The lowest BCUT2D eigenvalue weighted by atomic mass is 10.4. The molecule has 2 rings (SSSR count). The normalized spacial score (nSPS) is 10.4. The molecule has 0 aliphatic rings. The van der Waals surface area contributed by atoms with Gasteiger partial charge in [0.2, 0.25) is 0 Å². The third-order valence-electron chi connectivity index (χ3n) is 2.54. The van der Waals surface area contributed by atoms with E-state index < -0.39 is 0 Å². The van der Waals surface area contributed by atoms with E-state index >= 15 is 0 Å². The van der Waals surface area contributed by atoms with E-state index in [-0.39, 0.29) is 24.4 Å². The average Bonchev–Trinajstić information content (AvgIpc) is 2.98. The maximum absolute atomic E-state index is 12.1. The number of halogens is 1. The van der Waals surface area contributed by atoms with Crippen molar-refractivity contribution in [1.82, 2.24) is 14.8 Å². The Hall–Kier alpha value is -1.44. The first kappa shape index (κ1) is 16.6. The van der Waals surface area contributed by atoms with E-state index in [0.717, 1.165) is 5.01 Å². The number of thiazole rings is 1. The molecule has 1 amide bonds. The number of carbonyl (C=O) groups is 1. The molecule has 0 spiro atoms. The van der Waals surface area contributed by atoms with Crippen LogP contribution in [0.5, 0.6) is 0 Å². The molecule has 3 N–H and O–H groups in total. The van der Waals surface area contributed by atoms with Gasteiger partial charge < -0.3 is 11.1 Å². The molecule has 0 aliphatic heterocycles. The van der Waals surface area contributed by atoms with E-state index in [0.29, 0.717) is 24.5 Å². The van der Waals surface area contributed by atoms with Gasteiger partial charge in [0.05, 0.1) is 11.2 Å². The van der Waals surface area contributed by atoms with Crippen LogP contribution in [0.3, 0.4) is 0 Å². The van der Waals surface area contributed by atoms with Crippen molar-refractivity contribution < 1.29 is 4.79 Å². The number of anilines is 1.